The van der Waals surface area contributed by atoms with Gasteiger partial charge in [0.2, 0.25) is 0 Å². The molecule has 4 rings (SSSR count). The SMILES string of the molecule is COc1ccc(CCN2C(=O)C(Nc3cccc(C)c3C)=C(c3cccs3)C2=O)cc1. The monoisotopic (exact) mass is 432 g/mol. The number of anilines is 1. The van der Waals surface area contributed by atoms with E-state index in [-0.39, 0.29) is 11.8 Å². The number of ether oxygens (including phenoxy) is 1. The van der Waals surface area contributed by atoms with Crippen molar-refractivity contribution in [2.75, 3.05) is 19.0 Å². The number of carbonyl (C=O) groups is 2. The third-order valence-electron chi connectivity index (χ3n) is 5.58. The van der Waals surface area contributed by atoms with Crippen LogP contribution in [0, 0.1) is 13.8 Å². The molecule has 1 N–H and O–H groups in total. The molecule has 0 unspecified atom stereocenters. The van der Waals surface area contributed by atoms with Crippen LogP contribution in [0.1, 0.15) is 21.6 Å². The number of aryl methyl sites for hydroxylation is 1. The predicted octanol–water partition coefficient (Wildman–Crippen LogP) is 4.81. The first-order valence-corrected chi connectivity index (χ1v) is 11.0. The number of nitrogens with one attached hydrogen (secondary N) is 1. The Morgan fingerprint density at radius 3 is 2.42 bits per heavy atom. The fourth-order valence-corrected chi connectivity index (χ4v) is 4.37. The van der Waals surface area contributed by atoms with Crippen LogP contribution in [0.2, 0.25) is 0 Å². The number of methoxy groups -OCH3 is 1. The third-order valence-corrected chi connectivity index (χ3v) is 6.47. The van der Waals surface area contributed by atoms with E-state index in [1.165, 1.54) is 16.2 Å². The standard InChI is InChI=1S/C25H24N2O3S/c1-16-6-4-7-20(17(16)2)26-23-22(21-8-5-15-31-21)24(28)27(25(23)29)14-13-18-9-11-19(30-3)12-10-18/h4-12,15,26H,13-14H2,1-3H3. The lowest BCUT2D eigenvalue weighted by atomic mass is 10.1. The van der Waals surface area contributed by atoms with Crippen molar-refractivity contribution in [3.8, 4) is 5.75 Å². The van der Waals surface area contributed by atoms with Gasteiger partial charge in [-0.25, -0.2) is 0 Å². The molecule has 0 aliphatic carbocycles. The topological polar surface area (TPSA) is 58.6 Å². The maximum Gasteiger partial charge on any atom is 0.278 e. The summed E-state index contributed by atoms with van der Waals surface area (Å²) in [5.41, 5.74) is 4.83. The van der Waals surface area contributed by atoms with Crippen LogP contribution in [0.15, 0.2) is 65.7 Å². The lowest BCUT2D eigenvalue weighted by molar-refractivity contribution is -0.136. The summed E-state index contributed by atoms with van der Waals surface area (Å²) in [5.74, 6) is 0.232. The molecule has 1 aromatic heterocycles. The molecule has 1 aliphatic heterocycles. The Labute approximate surface area is 186 Å². The normalized spacial score (nSPS) is 13.8. The minimum Gasteiger partial charge on any atom is -0.497 e. The summed E-state index contributed by atoms with van der Waals surface area (Å²) in [7, 11) is 1.62. The molecule has 0 fully saturated rings. The zero-order valence-electron chi connectivity index (χ0n) is 17.8. The van der Waals surface area contributed by atoms with Crippen LogP contribution in [0.5, 0.6) is 5.75 Å². The van der Waals surface area contributed by atoms with Crippen LogP contribution in [-0.4, -0.2) is 30.4 Å². The second-order valence-corrected chi connectivity index (χ2v) is 8.41. The summed E-state index contributed by atoms with van der Waals surface area (Å²) < 4.78 is 5.19. The van der Waals surface area contributed by atoms with E-state index in [9.17, 15) is 9.59 Å². The van der Waals surface area contributed by atoms with Gasteiger partial charge >= 0.3 is 0 Å². The molecule has 0 spiro atoms. The highest BCUT2D eigenvalue weighted by atomic mass is 32.1. The second-order valence-electron chi connectivity index (χ2n) is 7.46. The minimum absolute atomic E-state index is 0.256. The predicted molar refractivity (Wildman–Crippen MR) is 124 cm³/mol. The molecule has 6 heteroatoms. The lowest BCUT2D eigenvalue weighted by Gasteiger charge is -2.16. The van der Waals surface area contributed by atoms with Crippen LogP contribution in [0.4, 0.5) is 5.69 Å². The van der Waals surface area contributed by atoms with E-state index in [1.807, 2.05) is 73.8 Å². The van der Waals surface area contributed by atoms with Gasteiger partial charge in [0.25, 0.3) is 11.8 Å². The molecule has 158 valence electrons. The number of rotatable bonds is 7. The summed E-state index contributed by atoms with van der Waals surface area (Å²) in [6.45, 7) is 4.35. The van der Waals surface area contributed by atoms with Gasteiger partial charge < -0.3 is 10.1 Å². The molecular weight excluding hydrogens is 408 g/mol. The van der Waals surface area contributed by atoms with Crippen molar-refractivity contribution in [3.05, 3.63) is 87.2 Å². The summed E-state index contributed by atoms with van der Waals surface area (Å²) in [4.78, 5) is 28.7. The van der Waals surface area contributed by atoms with Crippen molar-refractivity contribution in [1.29, 1.82) is 0 Å². The maximum absolute atomic E-state index is 13.3. The largest absolute Gasteiger partial charge is 0.497 e. The van der Waals surface area contributed by atoms with Gasteiger partial charge in [-0.3, -0.25) is 14.5 Å². The van der Waals surface area contributed by atoms with Crippen LogP contribution in [0.3, 0.4) is 0 Å². The molecule has 1 aliphatic rings. The number of hydrogen-bond donors (Lipinski definition) is 1. The van der Waals surface area contributed by atoms with Crippen LogP contribution in [0.25, 0.3) is 5.57 Å². The Balaban J connectivity index is 1.61. The van der Waals surface area contributed by atoms with Gasteiger partial charge in [-0.2, -0.15) is 0 Å². The van der Waals surface area contributed by atoms with Gasteiger partial charge in [-0.1, -0.05) is 30.3 Å². The summed E-state index contributed by atoms with van der Waals surface area (Å²) in [6, 6.07) is 17.3. The summed E-state index contributed by atoms with van der Waals surface area (Å²) >= 11 is 1.46. The highest BCUT2D eigenvalue weighted by Gasteiger charge is 2.39. The average Bonchev–Trinajstić information content (AvgIpc) is 3.37. The summed E-state index contributed by atoms with van der Waals surface area (Å²) in [6.07, 6.45) is 0.579. The number of nitrogens with zero attached hydrogens (tertiary/aromatic N) is 1. The number of thiophene rings is 1. The Bertz CT molecular complexity index is 1150. The molecule has 31 heavy (non-hydrogen) atoms. The van der Waals surface area contributed by atoms with Gasteiger partial charge in [0.05, 0.1) is 12.7 Å². The Morgan fingerprint density at radius 2 is 1.74 bits per heavy atom. The number of amides is 2. The fourth-order valence-electron chi connectivity index (χ4n) is 3.60. The quantitative estimate of drug-likeness (QED) is 0.545. The second kappa shape index (κ2) is 8.78. The molecule has 3 aromatic rings. The number of carbonyl (C=O) groups excluding carboxylic acids is 2. The summed E-state index contributed by atoms with van der Waals surface area (Å²) in [5, 5.41) is 5.18. The average molecular weight is 433 g/mol. The smallest absolute Gasteiger partial charge is 0.278 e. The molecule has 0 radical (unpaired) electrons. The van der Waals surface area contributed by atoms with Crippen molar-refractivity contribution in [2.24, 2.45) is 0 Å². The molecule has 0 bridgehead atoms. The van der Waals surface area contributed by atoms with E-state index < -0.39 is 0 Å². The van der Waals surface area contributed by atoms with E-state index in [4.69, 9.17) is 4.74 Å². The van der Waals surface area contributed by atoms with Crippen molar-refractivity contribution in [2.45, 2.75) is 20.3 Å². The highest BCUT2D eigenvalue weighted by Crippen LogP contribution is 2.33. The van der Waals surface area contributed by atoms with Crippen LogP contribution < -0.4 is 10.1 Å². The molecular formula is C25H24N2O3S. The first-order chi connectivity index (χ1) is 15.0. The maximum atomic E-state index is 13.3. The van der Waals surface area contributed by atoms with Crippen molar-refractivity contribution in [3.63, 3.8) is 0 Å². The van der Waals surface area contributed by atoms with Gasteiger partial charge in [0.15, 0.2) is 0 Å². The highest BCUT2D eigenvalue weighted by molar-refractivity contribution is 7.11. The number of imide groups is 1. The van der Waals surface area contributed by atoms with Gasteiger partial charge in [0, 0.05) is 17.1 Å². The van der Waals surface area contributed by atoms with E-state index in [1.54, 1.807) is 7.11 Å². The van der Waals surface area contributed by atoms with Crippen molar-refractivity contribution < 1.29 is 14.3 Å². The zero-order chi connectivity index (χ0) is 22.0. The van der Waals surface area contributed by atoms with E-state index >= 15 is 0 Å². The van der Waals surface area contributed by atoms with Gasteiger partial charge in [0.1, 0.15) is 11.4 Å². The molecule has 0 saturated carbocycles. The van der Waals surface area contributed by atoms with E-state index in [2.05, 4.69) is 5.32 Å². The first-order valence-electron chi connectivity index (χ1n) is 10.1. The van der Waals surface area contributed by atoms with Gasteiger partial charge in [-0.05, 0) is 66.6 Å². The Kier molecular flexibility index (Phi) is 5.91. The first kappa shape index (κ1) is 20.9. The minimum atomic E-state index is -0.289. The van der Waals surface area contributed by atoms with Crippen LogP contribution >= 0.6 is 11.3 Å². The number of hydrogen-bond acceptors (Lipinski definition) is 5. The van der Waals surface area contributed by atoms with Crippen molar-refractivity contribution >= 4 is 34.4 Å². The van der Waals surface area contributed by atoms with Gasteiger partial charge in [-0.15, -0.1) is 11.3 Å². The molecule has 5 nitrogen and oxygen atoms in total. The molecule has 0 atom stereocenters. The van der Waals surface area contributed by atoms with Crippen molar-refractivity contribution in [1.82, 2.24) is 4.90 Å². The Hall–Kier alpha value is -3.38. The number of benzene rings is 2. The van der Waals surface area contributed by atoms with Crippen LogP contribution in [-0.2, 0) is 16.0 Å². The molecule has 0 saturated heterocycles. The molecule has 2 aromatic carbocycles. The third kappa shape index (κ3) is 4.11. The molecule has 2 heterocycles. The fraction of sp³-hybridized carbons (Fsp3) is 0.200. The molecule has 2 amide bonds. The lowest BCUT2D eigenvalue weighted by Crippen LogP contribution is -2.34. The van der Waals surface area contributed by atoms with E-state index in [0.717, 1.165) is 33.0 Å². The zero-order valence-corrected chi connectivity index (χ0v) is 18.6. The van der Waals surface area contributed by atoms with E-state index in [0.29, 0.717) is 24.2 Å². The Morgan fingerprint density at radius 1 is 0.968 bits per heavy atom.